The van der Waals surface area contributed by atoms with Gasteiger partial charge in [-0.25, -0.2) is 0 Å². The van der Waals surface area contributed by atoms with Crippen LogP contribution in [0.5, 0.6) is 5.75 Å². The molecule has 0 unspecified atom stereocenters. The number of benzene rings is 1. The lowest BCUT2D eigenvalue weighted by atomic mass is 9.83. The average molecular weight is 246 g/mol. The van der Waals surface area contributed by atoms with E-state index in [1.54, 1.807) is 7.11 Å². The SMILES string of the molecule is COc1ccc(C2CCCCC2)cc1C1(O)CC1. The number of hydrogen-bond donors (Lipinski definition) is 1. The van der Waals surface area contributed by atoms with Crippen LogP contribution in [-0.2, 0) is 5.60 Å². The van der Waals surface area contributed by atoms with Gasteiger partial charge in [0, 0.05) is 5.56 Å². The maximum absolute atomic E-state index is 10.4. The topological polar surface area (TPSA) is 29.5 Å². The molecule has 98 valence electrons. The highest BCUT2D eigenvalue weighted by atomic mass is 16.5. The Morgan fingerprint density at radius 3 is 2.50 bits per heavy atom. The van der Waals surface area contributed by atoms with Crippen molar-refractivity contribution < 1.29 is 9.84 Å². The Morgan fingerprint density at radius 2 is 1.89 bits per heavy atom. The van der Waals surface area contributed by atoms with Crippen molar-refractivity contribution in [2.75, 3.05) is 7.11 Å². The van der Waals surface area contributed by atoms with Crippen molar-refractivity contribution in [1.29, 1.82) is 0 Å². The van der Waals surface area contributed by atoms with E-state index in [2.05, 4.69) is 12.1 Å². The molecule has 0 amide bonds. The summed E-state index contributed by atoms with van der Waals surface area (Å²) in [6.45, 7) is 0. The number of methoxy groups -OCH3 is 1. The van der Waals surface area contributed by atoms with Crippen LogP contribution in [0, 0.1) is 0 Å². The normalized spacial score (nSPS) is 22.8. The highest BCUT2D eigenvalue weighted by Crippen LogP contribution is 2.49. The molecule has 2 heteroatoms. The zero-order valence-corrected chi connectivity index (χ0v) is 11.1. The molecular formula is C16H22O2. The third-order valence-corrected chi connectivity index (χ3v) is 4.53. The Labute approximate surface area is 109 Å². The molecule has 2 saturated carbocycles. The number of rotatable bonds is 3. The summed E-state index contributed by atoms with van der Waals surface area (Å²) in [6.07, 6.45) is 8.40. The summed E-state index contributed by atoms with van der Waals surface area (Å²) in [5.41, 5.74) is 1.80. The first-order chi connectivity index (χ1) is 8.73. The molecule has 2 nitrogen and oxygen atoms in total. The zero-order valence-electron chi connectivity index (χ0n) is 11.1. The first kappa shape index (κ1) is 12.0. The van der Waals surface area contributed by atoms with Crippen LogP contribution in [0.3, 0.4) is 0 Å². The molecule has 1 N–H and O–H groups in total. The second-order valence-corrected chi connectivity index (χ2v) is 5.83. The molecule has 0 radical (unpaired) electrons. The van der Waals surface area contributed by atoms with E-state index >= 15 is 0 Å². The van der Waals surface area contributed by atoms with E-state index in [9.17, 15) is 5.11 Å². The molecule has 0 bridgehead atoms. The lowest BCUT2D eigenvalue weighted by Gasteiger charge is -2.24. The molecule has 2 aliphatic carbocycles. The van der Waals surface area contributed by atoms with Crippen LogP contribution in [0.15, 0.2) is 18.2 Å². The molecule has 0 heterocycles. The molecule has 0 saturated heterocycles. The Kier molecular flexibility index (Phi) is 3.06. The molecule has 3 rings (SSSR count). The molecule has 2 fully saturated rings. The van der Waals surface area contributed by atoms with Crippen molar-refractivity contribution in [3.63, 3.8) is 0 Å². The first-order valence-corrected chi connectivity index (χ1v) is 7.14. The molecule has 1 aromatic rings. The van der Waals surface area contributed by atoms with Crippen molar-refractivity contribution in [3.8, 4) is 5.75 Å². The van der Waals surface area contributed by atoms with Crippen molar-refractivity contribution in [2.45, 2.75) is 56.5 Å². The van der Waals surface area contributed by atoms with Gasteiger partial charge >= 0.3 is 0 Å². The minimum absolute atomic E-state index is 0.601. The molecule has 0 spiro atoms. The minimum Gasteiger partial charge on any atom is -0.496 e. The Bertz CT molecular complexity index is 429. The van der Waals surface area contributed by atoms with Crippen LogP contribution in [0.1, 0.15) is 62.0 Å². The standard InChI is InChI=1S/C16H22O2/c1-18-15-8-7-13(12-5-3-2-4-6-12)11-14(15)16(17)9-10-16/h7-8,11-12,17H,2-6,9-10H2,1H3. The fraction of sp³-hybridized carbons (Fsp3) is 0.625. The summed E-state index contributed by atoms with van der Waals surface area (Å²) < 4.78 is 5.39. The predicted molar refractivity (Wildman–Crippen MR) is 72.0 cm³/mol. The maximum Gasteiger partial charge on any atom is 0.124 e. The van der Waals surface area contributed by atoms with Gasteiger partial charge in [-0.2, -0.15) is 0 Å². The number of hydrogen-bond acceptors (Lipinski definition) is 2. The lowest BCUT2D eigenvalue weighted by molar-refractivity contribution is 0.147. The molecule has 2 aliphatic rings. The second kappa shape index (κ2) is 4.58. The summed E-state index contributed by atoms with van der Waals surface area (Å²) >= 11 is 0. The highest BCUT2D eigenvalue weighted by Gasteiger charge is 2.44. The van der Waals surface area contributed by atoms with Crippen molar-refractivity contribution in [1.82, 2.24) is 0 Å². The van der Waals surface area contributed by atoms with Gasteiger partial charge in [0.25, 0.3) is 0 Å². The monoisotopic (exact) mass is 246 g/mol. The first-order valence-electron chi connectivity index (χ1n) is 7.14. The van der Waals surface area contributed by atoms with Gasteiger partial charge in [-0.1, -0.05) is 25.3 Å². The van der Waals surface area contributed by atoms with E-state index in [1.807, 2.05) is 6.07 Å². The van der Waals surface area contributed by atoms with Crippen molar-refractivity contribution in [2.24, 2.45) is 0 Å². The van der Waals surface area contributed by atoms with Gasteiger partial charge in [-0.15, -0.1) is 0 Å². The van der Waals surface area contributed by atoms with E-state index in [-0.39, 0.29) is 0 Å². The third-order valence-electron chi connectivity index (χ3n) is 4.53. The van der Waals surface area contributed by atoms with E-state index in [0.717, 1.165) is 24.2 Å². The second-order valence-electron chi connectivity index (χ2n) is 5.83. The summed E-state index contributed by atoms with van der Waals surface area (Å²) in [5, 5.41) is 10.4. The fourth-order valence-corrected chi connectivity index (χ4v) is 3.17. The van der Waals surface area contributed by atoms with Crippen LogP contribution in [0.4, 0.5) is 0 Å². The Morgan fingerprint density at radius 1 is 1.17 bits per heavy atom. The Balaban J connectivity index is 1.91. The lowest BCUT2D eigenvalue weighted by Crippen LogP contribution is -2.10. The summed E-state index contributed by atoms with van der Waals surface area (Å²) in [6, 6.07) is 6.42. The van der Waals surface area contributed by atoms with E-state index < -0.39 is 5.60 Å². The van der Waals surface area contributed by atoms with Crippen LogP contribution < -0.4 is 4.74 Å². The Hall–Kier alpha value is -1.02. The van der Waals surface area contributed by atoms with Gasteiger partial charge in [0.2, 0.25) is 0 Å². The van der Waals surface area contributed by atoms with Gasteiger partial charge in [0.05, 0.1) is 12.7 Å². The zero-order chi connectivity index (χ0) is 12.6. The quantitative estimate of drug-likeness (QED) is 0.880. The van der Waals surface area contributed by atoms with Crippen LogP contribution in [0.25, 0.3) is 0 Å². The number of ether oxygens (including phenoxy) is 1. The predicted octanol–water partition coefficient (Wildman–Crippen LogP) is 3.72. The minimum atomic E-state index is -0.601. The van der Waals surface area contributed by atoms with Gasteiger partial charge in [0.1, 0.15) is 5.75 Å². The third kappa shape index (κ3) is 2.14. The van der Waals surface area contributed by atoms with E-state index in [0.29, 0.717) is 5.92 Å². The van der Waals surface area contributed by atoms with E-state index in [1.165, 1.54) is 37.7 Å². The smallest absolute Gasteiger partial charge is 0.124 e. The van der Waals surface area contributed by atoms with Gasteiger partial charge < -0.3 is 9.84 Å². The molecular weight excluding hydrogens is 224 g/mol. The van der Waals surface area contributed by atoms with Crippen molar-refractivity contribution in [3.05, 3.63) is 29.3 Å². The molecule has 0 aliphatic heterocycles. The van der Waals surface area contributed by atoms with Crippen LogP contribution in [-0.4, -0.2) is 12.2 Å². The van der Waals surface area contributed by atoms with Crippen LogP contribution in [0.2, 0.25) is 0 Å². The molecule has 0 aromatic heterocycles. The number of aliphatic hydroxyl groups is 1. The summed E-state index contributed by atoms with van der Waals surface area (Å²) in [4.78, 5) is 0. The maximum atomic E-state index is 10.4. The molecule has 0 atom stereocenters. The van der Waals surface area contributed by atoms with E-state index in [4.69, 9.17) is 4.74 Å². The van der Waals surface area contributed by atoms with Crippen molar-refractivity contribution >= 4 is 0 Å². The van der Waals surface area contributed by atoms with Gasteiger partial charge in [0.15, 0.2) is 0 Å². The summed E-state index contributed by atoms with van der Waals surface area (Å²) in [5.74, 6) is 1.53. The molecule has 18 heavy (non-hydrogen) atoms. The fourth-order valence-electron chi connectivity index (χ4n) is 3.17. The van der Waals surface area contributed by atoms with Crippen LogP contribution >= 0.6 is 0 Å². The molecule has 1 aromatic carbocycles. The largest absolute Gasteiger partial charge is 0.496 e. The summed E-state index contributed by atoms with van der Waals surface area (Å²) in [7, 11) is 1.69. The highest BCUT2D eigenvalue weighted by molar-refractivity contribution is 5.44. The average Bonchev–Trinajstić information content (AvgIpc) is 3.18. The van der Waals surface area contributed by atoms with Gasteiger partial charge in [-0.05, 0) is 49.3 Å². The van der Waals surface area contributed by atoms with Gasteiger partial charge in [-0.3, -0.25) is 0 Å².